The molecule has 1 fully saturated rings. The number of likely N-dealkylation sites (N-methyl/N-ethyl adjacent to an activating group) is 1. The molecule has 1 saturated heterocycles. The van der Waals surface area contributed by atoms with Gasteiger partial charge in [0.1, 0.15) is 22.8 Å². The molecule has 152 valence electrons. The Hall–Kier alpha value is -3.24. The van der Waals surface area contributed by atoms with E-state index >= 15 is 0 Å². The van der Waals surface area contributed by atoms with Gasteiger partial charge in [-0.25, -0.2) is 15.0 Å². The zero-order valence-corrected chi connectivity index (χ0v) is 16.4. The van der Waals surface area contributed by atoms with E-state index in [0.29, 0.717) is 35.6 Å². The first-order valence-electron chi connectivity index (χ1n) is 9.63. The summed E-state index contributed by atoms with van der Waals surface area (Å²) in [5, 5.41) is 6.74. The van der Waals surface area contributed by atoms with Gasteiger partial charge in [-0.15, -0.1) is 0 Å². The number of H-pyrrole nitrogens is 1. The largest absolute Gasteiger partial charge is 0.369 e. The number of piperazine rings is 1. The van der Waals surface area contributed by atoms with Gasteiger partial charge < -0.3 is 31.2 Å². The van der Waals surface area contributed by atoms with Crippen molar-refractivity contribution in [2.24, 2.45) is 5.73 Å². The number of hydrogen-bond donors (Lipinski definition) is 4. The molecule has 3 aromatic heterocycles. The maximum absolute atomic E-state index is 12.4. The van der Waals surface area contributed by atoms with Crippen molar-refractivity contribution in [1.82, 2.24) is 24.8 Å². The maximum atomic E-state index is 12.4. The number of nitrogens with two attached hydrogens (primary N) is 1. The van der Waals surface area contributed by atoms with Crippen LogP contribution in [0.25, 0.3) is 10.9 Å². The lowest BCUT2D eigenvalue weighted by atomic mass is 10.2. The van der Waals surface area contributed by atoms with E-state index in [-0.39, 0.29) is 5.56 Å². The van der Waals surface area contributed by atoms with Crippen LogP contribution in [0.15, 0.2) is 35.5 Å². The molecule has 10 heteroatoms. The van der Waals surface area contributed by atoms with Gasteiger partial charge in [0.25, 0.3) is 5.56 Å². The second-order valence-electron chi connectivity index (χ2n) is 7.02. The maximum Gasteiger partial charge on any atom is 0.262 e. The Morgan fingerprint density at radius 3 is 2.76 bits per heavy atom. The van der Waals surface area contributed by atoms with Crippen molar-refractivity contribution in [3.63, 3.8) is 0 Å². The first-order chi connectivity index (χ1) is 14.1. The Kier molecular flexibility index (Phi) is 5.54. The summed E-state index contributed by atoms with van der Waals surface area (Å²) in [5.41, 5.74) is 6.61. The number of rotatable bonds is 6. The second kappa shape index (κ2) is 8.41. The fourth-order valence-electron chi connectivity index (χ4n) is 3.29. The van der Waals surface area contributed by atoms with Crippen LogP contribution in [0.4, 0.5) is 23.1 Å². The summed E-state index contributed by atoms with van der Waals surface area (Å²) in [6, 6.07) is 5.66. The van der Waals surface area contributed by atoms with Gasteiger partial charge in [0, 0.05) is 45.3 Å². The van der Waals surface area contributed by atoms with Crippen LogP contribution in [0.2, 0.25) is 0 Å². The average Bonchev–Trinajstić information content (AvgIpc) is 2.73. The van der Waals surface area contributed by atoms with Crippen LogP contribution in [0, 0.1) is 0 Å². The van der Waals surface area contributed by atoms with Gasteiger partial charge in [-0.2, -0.15) is 0 Å². The van der Waals surface area contributed by atoms with Crippen LogP contribution in [0.5, 0.6) is 0 Å². The fourth-order valence-corrected chi connectivity index (χ4v) is 3.29. The van der Waals surface area contributed by atoms with Crippen LogP contribution in [-0.2, 0) is 0 Å². The lowest BCUT2D eigenvalue weighted by molar-refractivity contribution is 0.312. The predicted molar refractivity (Wildman–Crippen MR) is 115 cm³/mol. The van der Waals surface area contributed by atoms with Gasteiger partial charge in [0.15, 0.2) is 0 Å². The Labute approximate surface area is 168 Å². The van der Waals surface area contributed by atoms with Gasteiger partial charge in [0.2, 0.25) is 0 Å². The van der Waals surface area contributed by atoms with E-state index in [1.54, 1.807) is 12.3 Å². The molecule has 1 aliphatic rings. The highest BCUT2D eigenvalue weighted by Gasteiger charge is 2.16. The number of hydrogen-bond acceptors (Lipinski definition) is 9. The molecule has 0 bridgehead atoms. The molecule has 1 aliphatic heterocycles. The highest BCUT2D eigenvalue weighted by Crippen LogP contribution is 2.24. The summed E-state index contributed by atoms with van der Waals surface area (Å²) < 4.78 is 0. The monoisotopic (exact) mass is 395 g/mol. The molecule has 0 radical (unpaired) electrons. The van der Waals surface area contributed by atoms with Crippen molar-refractivity contribution >= 4 is 34.0 Å². The van der Waals surface area contributed by atoms with E-state index in [4.69, 9.17) is 5.73 Å². The van der Waals surface area contributed by atoms with Crippen LogP contribution in [0.1, 0.15) is 0 Å². The third kappa shape index (κ3) is 4.28. The summed E-state index contributed by atoms with van der Waals surface area (Å²) in [6.07, 6.45) is 3.14. The minimum atomic E-state index is -0.252. The average molecular weight is 395 g/mol. The molecule has 3 aromatic rings. The van der Waals surface area contributed by atoms with Crippen molar-refractivity contribution in [1.29, 1.82) is 0 Å². The fraction of sp³-hybridized carbons (Fsp3) is 0.368. The number of fused-ring (bicyclic) bond motifs is 1. The molecule has 29 heavy (non-hydrogen) atoms. The quantitative estimate of drug-likeness (QED) is 0.474. The molecular formula is C19H25N9O. The molecule has 0 saturated carbocycles. The number of nitrogens with zero attached hydrogens (tertiary/aromatic N) is 5. The lowest BCUT2D eigenvalue weighted by Crippen LogP contribution is -2.44. The van der Waals surface area contributed by atoms with Crippen molar-refractivity contribution < 1.29 is 0 Å². The molecule has 4 heterocycles. The zero-order valence-electron chi connectivity index (χ0n) is 16.4. The Balaban J connectivity index is 1.60. The third-order valence-corrected chi connectivity index (χ3v) is 4.91. The molecule has 0 amide bonds. The predicted octanol–water partition coefficient (Wildman–Crippen LogP) is 0.579. The van der Waals surface area contributed by atoms with Crippen molar-refractivity contribution in [2.45, 2.75) is 0 Å². The topological polar surface area (TPSA) is 128 Å². The standard InChI is InChI=1S/C19H25N9O/c1-27-6-8-28(9-7-27)16-3-2-13(11-22-16)25-18-17-14(23-12-24-19(17)29)10-15(26-18)21-5-4-20/h2-3,10-12H,4-9,20H2,1H3,(H2,21,25,26)(H,23,24,29). The highest BCUT2D eigenvalue weighted by atomic mass is 16.1. The van der Waals surface area contributed by atoms with E-state index in [0.717, 1.165) is 37.7 Å². The Bertz CT molecular complexity index is 1030. The molecule has 0 unspecified atom stereocenters. The summed E-state index contributed by atoms with van der Waals surface area (Å²) in [4.78, 5) is 32.9. The Morgan fingerprint density at radius 1 is 1.21 bits per heavy atom. The van der Waals surface area contributed by atoms with Gasteiger partial charge in [-0.3, -0.25) is 4.79 Å². The first-order valence-corrected chi connectivity index (χ1v) is 9.63. The smallest absolute Gasteiger partial charge is 0.262 e. The van der Waals surface area contributed by atoms with E-state index in [9.17, 15) is 4.79 Å². The van der Waals surface area contributed by atoms with E-state index in [1.807, 2.05) is 12.1 Å². The number of pyridine rings is 2. The van der Waals surface area contributed by atoms with Crippen LogP contribution in [0.3, 0.4) is 0 Å². The van der Waals surface area contributed by atoms with Crippen LogP contribution < -0.4 is 26.8 Å². The van der Waals surface area contributed by atoms with Crippen LogP contribution in [-0.4, -0.2) is 71.2 Å². The SMILES string of the molecule is CN1CCN(c2ccc(Nc3nc(NCCN)cc4nc[nH]c(=O)c34)cn2)CC1. The highest BCUT2D eigenvalue weighted by molar-refractivity contribution is 5.91. The summed E-state index contributed by atoms with van der Waals surface area (Å²) in [5.74, 6) is 1.97. The number of aromatic amines is 1. The van der Waals surface area contributed by atoms with E-state index < -0.39 is 0 Å². The molecule has 0 atom stereocenters. The zero-order chi connectivity index (χ0) is 20.2. The van der Waals surface area contributed by atoms with Crippen LogP contribution >= 0.6 is 0 Å². The van der Waals surface area contributed by atoms with Gasteiger partial charge in [-0.1, -0.05) is 0 Å². The summed E-state index contributed by atoms with van der Waals surface area (Å²) in [7, 11) is 2.13. The normalized spacial score (nSPS) is 14.9. The molecule has 0 spiro atoms. The second-order valence-corrected chi connectivity index (χ2v) is 7.02. The molecule has 10 nitrogen and oxygen atoms in total. The van der Waals surface area contributed by atoms with Crippen molar-refractivity contribution in [2.75, 3.05) is 61.8 Å². The van der Waals surface area contributed by atoms with Crippen molar-refractivity contribution in [3.8, 4) is 0 Å². The molecule has 4 rings (SSSR count). The van der Waals surface area contributed by atoms with Gasteiger partial charge >= 0.3 is 0 Å². The number of nitrogens with one attached hydrogen (secondary N) is 3. The number of anilines is 4. The molecular weight excluding hydrogens is 370 g/mol. The Morgan fingerprint density at radius 2 is 2.03 bits per heavy atom. The third-order valence-electron chi connectivity index (χ3n) is 4.91. The molecule has 0 aromatic carbocycles. The van der Waals surface area contributed by atoms with Gasteiger partial charge in [0.05, 0.1) is 23.7 Å². The first kappa shape index (κ1) is 19.1. The summed E-state index contributed by atoms with van der Waals surface area (Å²) in [6.45, 7) is 5.01. The minimum Gasteiger partial charge on any atom is -0.369 e. The van der Waals surface area contributed by atoms with E-state index in [2.05, 4.69) is 47.4 Å². The van der Waals surface area contributed by atoms with Gasteiger partial charge in [-0.05, 0) is 19.2 Å². The molecule has 5 N–H and O–H groups in total. The van der Waals surface area contributed by atoms with Crippen molar-refractivity contribution in [3.05, 3.63) is 41.1 Å². The molecule has 0 aliphatic carbocycles. The van der Waals surface area contributed by atoms with E-state index in [1.165, 1.54) is 6.33 Å². The number of aromatic nitrogens is 4. The lowest BCUT2D eigenvalue weighted by Gasteiger charge is -2.33. The summed E-state index contributed by atoms with van der Waals surface area (Å²) >= 11 is 0. The minimum absolute atomic E-state index is 0.252.